The zero-order valence-corrected chi connectivity index (χ0v) is 16.7. The minimum atomic E-state index is -0.606. The Bertz CT molecular complexity index is 708. The Morgan fingerprint density at radius 1 is 1.14 bits per heavy atom. The fraction of sp³-hybridized carbons (Fsp3) is 0.545. The topological polar surface area (TPSA) is 67.9 Å². The molecule has 29 heavy (non-hydrogen) atoms. The first-order chi connectivity index (χ1) is 14.1. The van der Waals surface area contributed by atoms with Crippen molar-refractivity contribution < 1.29 is 23.5 Å². The molecule has 1 saturated carbocycles. The highest BCUT2D eigenvalue weighted by Crippen LogP contribution is 2.33. The van der Waals surface area contributed by atoms with Gasteiger partial charge in [-0.25, -0.2) is 9.18 Å². The number of hydrogen-bond acceptors (Lipinski definition) is 5. The van der Waals surface area contributed by atoms with Gasteiger partial charge in [-0.05, 0) is 36.6 Å². The highest BCUT2D eigenvalue weighted by molar-refractivity contribution is 5.89. The van der Waals surface area contributed by atoms with Gasteiger partial charge in [0.25, 0.3) is 5.91 Å². The second-order valence-electron chi connectivity index (χ2n) is 7.65. The van der Waals surface area contributed by atoms with Crippen molar-refractivity contribution in [1.29, 1.82) is 0 Å². The molecular formula is C22H29FN2O4. The smallest absolute Gasteiger partial charge is 0.331 e. The molecule has 3 rings (SSSR count). The van der Waals surface area contributed by atoms with Crippen LogP contribution in [0.2, 0.25) is 0 Å². The average molecular weight is 404 g/mol. The first kappa shape index (κ1) is 21.5. The Morgan fingerprint density at radius 3 is 2.52 bits per heavy atom. The molecule has 1 heterocycles. The number of carbonyl (C=O) groups excluding carboxylic acids is 2. The third-order valence-corrected chi connectivity index (χ3v) is 5.71. The molecule has 0 atom stereocenters. The molecule has 158 valence electrons. The maximum atomic E-state index is 12.9. The predicted molar refractivity (Wildman–Crippen MR) is 108 cm³/mol. The molecule has 1 aromatic rings. The lowest BCUT2D eigenvalue weighted by Gasteiger charge is -2.48. The summed E-state index contributed by atoms with van der Waals surface area (Å²) in [5, 5.41) is 2.96. The minimum absolute atomic E-state index is 0.0236. The summed E-state index contributed by atoms with van der Waals surface area (Å²) < 4.78 is 23.4. The summed E-state index contributed by atoms with van der Waals surface area (Å²) in [5.41, 5.74) is 0.655. The van der Waals surface area contributed by atoms with Crippen LogP contribution >= 0.6 is 0 Å². The summed E-state index contributed by atoms with van der Waals surface area (Å²) in [6, 6.07) is 5.74. The van der Waals surface area contributed by atoms with E-state index in [1.165, 1.54) is 30.7 Å². The number of carbonyl (C=O) groups is 2. The number of benzene rings is 1. The Balaban J connectivity index is 1.45. The Morgan fingerprint density at radius 2 is 1.83 bits per heavy atom. The molecule has 0 radical (unpaired) electrons. The summed E-state index contributed by atoms with van der Waals surface area (Å²) in [4.78, 5) is 26.5. The lowest BCUT2D eigenvalue weighted by atomic mass is 9.79. The lowest BCUT2D eigenvalue weighted by Crippen LogP contribution is -2.59. The van der Waals surface area contributed by atoms with Crippen molar-refractivity contribution in [1.82, 2.24) is 10.2 Å². The number of amides is 1. The molecule has 2 fully saturated rings. The first-order valence-electron chi connectivity index (χ1n) is 10.3. The summed E-state index contributed by atoms with van der Waals surface area (Å²) >= 11 is 0. The second-order valence-corrected chi connectivity index (χ2v) is 7.65. The standard InChI is InChI=1S/C22H29FN2O4/c23-19-7-4-18(5-8-19)6-9-21(27)29-16-20(26)24-17-22(10-2-1-3-11-22)25-12-14-28-15-13-25/h4-9H,1-3,10-17H2,(H,24,26). The maximum absolute atomic E-state index is 12.9. The van der Waals surface area contributed by atoms with Crippen molar-refractivity contribution in [2.75, 3.05) is 39.5 Å². The van der Waals surface area contributed by atoms with Gasteiger partial charge in [-0.1, -0.05) is 31.4 Å². The van der Waals surface area contributed by atoms with Gasteiger partial charge in [0.1, 0.15) is 5.82 Å². The van der Waals surface area contributed by atoms with E-state index in [-0.39, 0.29) is 23.9 Å². The predicted octanol–water partition coefficient (Wildman–Crippen LogP) is 2.53. The molecule has 1 aromatic carbocycles. The first-order valence-corrected chi connectivity index (χ1v) is 10.3. The Hall–Kier alpha value is -2.25. The summed E-state index contributed by atoms with van der Waals surface area (Å²) in [6.45, 7) is 3.49. The molecule has 0 unspecified atom stereocenters. The summed E-state index contributed by atoms with van der Waals surface area (Å²) in [5.74, 6) is -1.24. The van der Waals surface area contributed by atoms with E-state index in [9.17, 15) is 14.0 Å². The lowest BCUT2D eigenvalue weighted by molar-refractivity contribution is -0.144. The number of rotatable bonds is 7. The van der Waals surface area contributed by atoms with Gasteiger partial charge in [-0.15, -0.1) is 0 Å². The molecule has 6 nitrogen and oxygen atoms in total. The number of hydrogen-bond donors (Lipinski definition) is 1. The highest BCUT2D eigenvalue weighted by Gasteiger charge is 2.38. The monoisotopic (exact) mass is 404 g/mol. The molecule has 1 aliphatic carbocycles. The molecule has 0 aromatic heterocycles. The van der Waals surface area contributed by atoms with Gasteiger partial charge in [0, 0.05) is 31.2 Å². The van der Waals surface area contributed by atoms with Gasteiger partial charge in [-0.3, -0.25) is 9.69 Å². The largest absolute Gasteiger partial charge is 0.452 e. The normalized spacial score (nSPS) is 19.8. The van der Waals surface area contributed by atoms with Crippen LogP contribution in [-0.2, 0) is 19.1 Å². The van der Waals surface area contributed by atoms with Crippen molar-refractivity contribution >= 4 is 18.0 Å². The van der Waals surface area contributed by atoms with Crippen LogP contribution in [-0.4, -0.2) is 61.8 Å². The van der Waals surface area contributed by atoms with E-state index in [1.54, 1.807) is 12.1 Å². The number of nitrogens with one attached hydrogen (secondary N) is 1. The van der Waals surface area contributed by atoms with E-state index >= 15 is 0 Å². The molecule has 2 aliphatic rings. The quantitative estimate of drug-likeness (QED) is 0.559. The molecule has 1 amide bonds. The van der Waals surface area contributed by atoms with Crippen LogP contribution < -0.4 is 5.32 Å². The molecule has 1 saturated heterocycles. The van der Waals surface area contributed by atoms with Crippen LogP contribution in [0.5, 0.6) is 0 Å². The third-order valence-electron chi connectivity index (χ3n) is 5.71. The fourth-order valence-corrected chi connectivity index (χ4v) is 4.09. The van der Waals surface area contributed by atoms with Crippen LogP contribution in [0, 0.1) is 5.82 Å². The highest BCUT2D eigenvalue weighted by atomic mass is 19.1. The number of nitrogens with zero attached hydrogens (tertiary/aromatic N) is 1. The van der Waals surface area contributed by atoms with Gasteiger partial charge in [0.05, 0.1) is 13.2 Å². The number of morpholine rings is 1. The van der Waals surface area contributed by atoms with E-state index in [4.69, 9.17) is 9.47 Å². The molecule has 1 N–H and O–H groups in total. The van der Waals surface area contributed by atoms with Crippen molar-refractivity contribution in [3.05, 3.63) is 41.7 Å². The van der Waals surface area contributed by atoms with Crippen LogP contribution in [0.3, 0.4) is 0 Å². The third kappa shape index (κ3) is 6.37. The van der Waals surface area contributed by atoms with Crippen molar-refractivity contribution in [2.24, 2.45) is 0 Å². The maximum Gasteiger partial charge on any atom is 0.331 e. The van der Waals surface area contributed by atoms with E-state index in [1.807, 2.05) is 0 Å². The summed E-state index contributed by atoms with van der Waals surface area (Å²) in [6.07, 6.45) is 8.44. The zero-order valence-electron chi connectivity index (χ0n) is 16.7. The van der Waals surface area contributed by atoms with E-state index in [2.05, 4.69) is 10.2 Å². The van der Waals surface area contributed by atoms with Gasteiger partial charge in [0.15, 0.2) is 6.61 Å². The minimum Gasteiger partial charge on any atom is -0.452 e. The SMILES string of the molecule is O=C(COC(=O)C=Cc1ccc(F)cc1)NCC1(N2CCOCC2)CCCCC1. The van der Waals surface area contributed by atoms with E-state index in [0.717, 1.165) is 52.0 Å². The fourth-order valence-electron chi connectivity index (χ4n) is 4.09. The van der Waals surface area contributed by atoms with E-state index in [0.29, 0.717) is 12.1 Å². The van der Waals surface area contributed by atoms with Gasteiger partial charge in [-0.2, -0.15) is 0 Å². The van der Waals surface area contributed by atoms with Gasteiger partial charge < -0.3 is 14.8 Å². The Labute approximate surface area is 171 Å². The number of halogens is 1. The molecule has 0 spiro atoms. The van der Waals surface area contributed by atoms with Crippen LogP contribution in [0.4, 0.5) is 4.39 Å². The van der Waals surface area contributed by atoms with Gasteiger partial charge >= 0.3 is 5.97 Å². The second kappa shape index (κ2) is 10.5. The zero-order chi connectivity index (χ0) is 20.5. The Kier molecular flexibility index (Phi) is 7.77. The van der Waals surface area contributed by atoms with Crippen LogP contribution in [0.15, 0.2) is 30.3 Å². The number of esters is 1. The average Bonchev–Trinajstić information content (AvgIpc) is 2.77. The number of ether oxygens (including phenoxy) is 2. The molecule has 1 aliphatic heterocycles. The van der Waals surface area contributed by atoms with Crippen molar-refractivity contribution in [3.63, 3.8) is 0 Å². The van der Waals surface area contributed by atoms with E-state index < -0.39 is 5.97 Å². The van der Waals surface area contributed by atoms with Crippen molar-refractivity contribution in [2.45, 2.75) is 37.6 Å². The van der Waals surface area contributed by atoms with Crippen LogP contribution in [0.1, 0.15) is 37.7 Å². The summed E-state index contributed by atoms with van der Waals surface area (Å²) in [7, 11) is 0. The van der Waals surface area contributed by atoms with Crippen molar-refractivity contribution in [3.8, 4) is 0 Å². The van der Waals surface area contributed by atoms with Crippen LogP contribution in [0.25, 0.3) is 6.08 Å². The molecule has 7 heteroatoms. The molecule has 0 bridgehead atoms. The van der Waals surface area contributed by atoms with Gasteiger partial charge in [0.2, 0.25) is 0 Å². The molecular weight excluding hydrogens is 375 g/mol.